The normalized spacial score (nSPS) is 15.3. The van der Waals surface area contributed by atoms with Crippen LogP contribution in [0.4, 0.5) is 5.69 Å². The Hall–Kier alpha value is -6.62. The van der Waals surface area contributed by atoms with Gasteiger partial charge in [-0.25, -0.2) is 4.98 Å². The molecule has 0 amide bonds. The molecule has 1 aromatic heterocycles. The maximum absolute atomic E-state index is 7.12. The molecule has 64 heavy (non-hydrogen) atoms. The SMILES string of the molecule is CC(C)c1cccc2c1N1C=CNC1c1ccc(-c3ccccc3-c3cc(Cl)cc(-c4ccccc4-c4ccc(-c5nccn5-c5c(C(C)C)cccc5C(C)C)cc4)c3)c(c1)C2C. The highest BCUT2D eigenvalue weighted by Gasteiger charge is 2.33. The number of imidazole rings is 1. The van der Waals surface area contributed by atoms with Crippen molar-refractivity contribution < 1.29 is 0 Å². The number of benzene rings is 7. The largest absolute Gasteiger partial charge is 0.366 e. The Morgan fingerprint density at radius 1 is 0.531 bits per heavy atom. The fraction of sp³-hybridized carbons (Fsp3) is 0.203. The van der Waals surface area contributed by atoms with Gasteiger partial charge in [0.1, 0.15) is 12.0 Å². The van der Waals surface area contributed by atoms with Gasteiger partial charge in [0, 0.05) is 41.3 Å². The Bertz CT molecular complexity index is 3030. The molecule has 0 saturated heterocycles. The number of rotatable bonds is 9. The molecule has 2 atom stereocenters. The van der Waals surface area contributed by atoms with E-state index in [2.05, 4.69) is 227 Å². The Balaban J connectivity index is 1.03. The van der Waals surface area contributed by atoms with Gasteiger partial charge in [-0.15, -0.1) is 0 Å². The second-order valence-corrected chi connectivity index (χ2v) is 18.8. The third-order valence-corrected chi connectivity index (χ3v) is 13.6. The molecular weight excluding hydrogens is 800 g/mol. The number of para-hydroxylation sites is 2. The summed E-state index contributed by atoms with van der Waals surface area (Å²) in [5.74, 6) is 2.25. The van der Waals surface area contributed by atoms with Crippen LogP contribution in [0.3, 0.4) is 0 Å². The van der Waals surface area contributed by atoms with Gasteiger partial charge in [-0.1, -0.05) is 187 Å². The quantitative estimate of drug-likeness (QED) is 0.157. The van der Waals surface area contributed by atoms with Gasteiger partial charge >= 0.3 is 0 Å². The van der Waals surface area contributed by atoms with Crippen molar-refractivity contribution in [1.82, 2.24) is 14.9 Å². The van der Waals surface area contributed by atoms with E-state index in [1.54, 1.807) is 0 Å². The highest BCUT2D eigenvalue weighted by molar-refractivity contribution is 6.31. The molecule has 2 aliphatic heterocycles. The van der Waals surface area contributed by atoms with Gasteiger partial charge in [0.05, 0.1) is 11.4 Å². The molecule has 0 aliphatic carbocycles. The molecule has 8 aromatic rings. The third-order valence-electron chi connectivity index (χ3n) is 13.4. The highest BCUT2D eigenvalue weighted by atomic mass is 35.5. The molecule has 3 heterocycles. The maximum Gasteiger partial charge on any atom is 0.144 e. The van der Waals surface area contributed by atoms with E-state index in [0.29, 0.717) is 22.8 Å². The van der Waals surface area contributed by atoms with Crippen LogP contribution in [0.5, 0.6) is 0 Å². The molecule has 0 fully saturated rings. The lowest BCUT2D eigenvalue weighted by atomic mass is 9.80. The number of nitrogens with one attached hydrogen (secondary N) is 1. The van der Waals surface area contributed by atoms with Crippen molar-refractivity contribution in [3.05, 3.63) is 209 Å². The third kappa shape index (κ3) is 7.24. The second-order valence-electron chi connectivity index (χ2n) is 18.4. The molecular formula is C59H55ClN4. The molecule has 0 radical (unpaired) electrons. The zero-order valence-corrected chi connectivity index (χ0v) is 38.5. The van der Waals surface area contributed by atoms with Crippen LogP contribution in [0, 0.1) is 0 Å². The lowest BCUT2D eigenvalue weighted by Crippen LogP contribution is -2.30. The van der Waals surface area contributed by atoms with Crippen LogP contribution in [-0.4, -0.2) is 9.55 Å². The summed E-state index contributed by atoms with van der Waals surface area (Å²) in [5.41, 5.74) is 20.7. The number of fused-ring (bicyclic) bond motifs is 6. The van der Waals surface area contributed by atoms with Crippen molar-refractivity contribution in [3.8, 4) is 61.6 Å². The Morgan fingerprint density at radius 2 is 1.09 bits per heavy atom. The van der Waals surface area contributed by atoms with E-state index in [1.165, 1.54) is 55.9 Å². The van der Waals surface area contributed by atoms with Crippen molar-refractivity contribution >= 4 is 17.3 Å². The summed E-state index contributed by atoms with van der Waals surface area (Å²) in [7, 11) is 0. The van der Waals surface area contributed by atoms with Gasteiger partial charge in [0.25, 0.3) is 0 Å². The average Bonchev–Trinajstić information content (AvgIpc) is 4.01. The number of halogens is 1. The minimum Gasteiger partial charge on any atom is -0.366 e. The van der Waals surface area contributed by atoms with Gasteiger partial charge < -0.3 is 10.2 Å². The minimum atomic E-state index is 0.0364. The van der Waals surface area contributed by atoms with E-state index >= 15 is 0 Å². The van der Waals surface area contributed by atoms with Gasteiger partial charge in [0.15, 0.2) is 0 Å². The molecule has 7 aromatic carbocycles. The smallest absolute Gasteiger partial charge is 0.144 e. The number of nitrogens with zero attached hydrogens (tertiary/aromatic N) is 3. The average molecular weight is 856 g/mol. The van der Waals surface area contributed by atoms with E-state index < -0.39 is 0 Å². The predicted octanol–water partition coefficient (Wildman–Crippen LogP) is 16.3. The molecule has 2 aliphatic rings. The molecule has 0 spiro atoms. The molecule has 5 heteroatoms. The van der Waals surface area contributed by atoms with Crippen molar-refractivity contribution in [1.29, 1.82) is 0 Å². The molecule has 10 rings (SSSR count). The van der Waals surface area contributed by atoms with Crippen molar-refractivity contribution in [2.24, 2.45) is 0 Å². The zero-order valence-electron chi connectivity index (χ0n) is 37.8. The Labute approximate surface area is 383 Å². The van der Waals surface area contributed by atoms with Crippen LogP contribution >= 0.6 is 11.6 Å². The number of aromatic nitrogens is 2. The Kier molecular flexibility index (Phi) is 10.9. The van der Waals surface area contributed by atoms with E-state index in [1.807, 2.05) is 6.20 Å². The van der Waals surface area contributed by atoms with Crippen molar-refractivity contribution in [2.75, 3.05) is 4.90 Å². The summed E-state index contributed by atoms with van der Waals surface area (Å²) in [6.07, 6.45) is 8.35. The predicted molar refractivity (Wildman–Crippen MR) is 269 cm³/mol. The summed E-state index contributed by atoms with van der Waals surface area (Å²) in [5, 5.41) is 4.36. The van der Waals surface area contributed by atoms with Crippen LogP contribution in [0.25, 0.3) is 61.6 Å². The second kappa shape index (κ2) is 16.8. The Morgan fingerprint density at radius 3 is 1.73 bits per heavy atom. The number of hydrogen-bond donors (Lipinski definition) is 1. The van der Waals surface area contributed by atoms with Gasteiger partial charge in [-0.3, -0.25) is 4.57 Å². The summed E-state index contributed by atoms with van der Waals surface area (Å²) >= 11 is 7.12. The van der Waals surface area contributed by atoms with Gasteiger partial charge in [-0.05, 0) is 114 Å². The van der Waals surface area contributed by atoms with E-state index in [4.69, 9.17) is 16.6 Å². The minimum absolute atomic E-state index is 0.0364. The molecule has 2 bridgehead atoms. The van der Waals surface area contributed by atoms with E-state index in [0.717, 1.165) is 44.8 Å². The molecule has 318 valence electrons. The summed E-state index contributed by atoms with van der Waals surface area (Å²) in [4.78, 5) is 7.34. The van der Waals surface area contributed by atoms with Gasteiger partial charge in [0.2, 0.25) is 0 Å². The molecule has 2 unspecified atom stereocenters. The standard InChI is InChI=1S/C59H55ClN4/c1-36(2)46-18-12-19-47(37(3)4)56(46)63-30-28-61-58(63)41-24-22-40(23-25-41)50-14-8-9-15-51(50)43-32-44(34-45(60)33-43)52-16-10-11-17-53(52)54-27-26-42-35-55(54)39(7)49-21-13-20-48(38(5)6)57(49)64-31-29-62-59(42)64/h8-39,59,62H,1-7H3. The van der Waals surface area contributed by atoms with Crippen LogP contribution in [-0.2, 0) is 0 Å². The summed E-state index contributed by atoms with van der Waals surface area (Å²) < 4.78 is 2.28. The lowest BCUT2D eigenvalue weighted by Gasteiger charge is -2.36. The fourth-order valence-corrected chi connectivity index (χ4v) is 10.4. The highest BCUT2D eigenvalue weighted by Crippen LogP contribution is 2.48. The zero-order chi connectivity index (χ0) is 44.2. The number of anilines is 1. The van der Waals surface area contributed by atoms with Crippen LogP contribution in [0.2, 0.25) is 5.02 Å². The first kappa shape index (κ1) is 41.4. The van der Waals surface area contributed by atoms with Crippen LogP contribution in [0.1, 0.15) is 112 Å². The monoisotopic (exact) mass is 854 g/mol. The number of hydrogen-bond acceptors (Lipinski definition) is 3. The van der Waals surface area contributed by atoms with Crippen LogP contribution in [0.15, 0.2) is 170 Å². The molecule has 0 saturated carbocycles. The lowest BCUT2D eigenvalue weighted by molar-refractivity contribution is 0.651. The fourth-order valence-electron chi connectivity index (χ4n) is 10.2. The summed E-state index contributed by atoms with van der Waals surface area (Å²) in [6, 6.07) is 53.5. The van der Waals surface area contributed by atoms with Gasteiger partial charge in [-0.2, -0.15) is 0 Å². The molecule has 4 nitrogen and oxygen atoms in total. The maximum atomic E-state index is 7.12. The first-order valence-corrected chi connectivity index (χ1v) is 23.2. The first-order chi connectivity index (χ1) is 31.1. The van der Waals surface area contributed by atoms with Crippen molar-refractivity contribution in [2.45, 2.75) is 78.3 Å². The van der Waals surface area contributed by atoms with Crippen LogP contribution < -0.4 is 10.2 Å². The van der Waals surface area contributed by atoms with E-state index in [9.17, 15) is 0 Å². The summed E-state index contributed by atoms with van der Waals surface area (Å²) in [6.45, 7) is 16.0. The molecule has 1 N–H and O–H groups in total. The first-order valence-electron chi connectivity index (χ1n) is 22.8. The van der Waals surface area contributed by atoms with Crippen molar-refractivity contribution in [3.63, 3.8) is 0 Å². The van der Waals surface area contributed by atoms with E-state index in [-0.39, 0.29) is 12.1 Å². The topological polar surface area (TPSA) is 33.1 Å².